The zero-order valence-electron chi connectivity index (χ0n) is 12.3. The van der Waals surface area contributed by atoms with Gasteiger partial charge in [-0.2, -0.15) is 0 Å². The van der Waals surface area contributed by atoms with E-state index in [4.69, 9.17) is 4.74 Å². The summed E-state index contributed by atoms with van der Waals surface area (Å²) in [5.41, 5.74) is 0.0775. The first-order chi connectivity index (χ1) is 10.5. The van der Waals surface area contributed by atoms with E-state index in [1.54, 1.807) is 0 Å². The molecule has 1 aliphatic carbocycles. The summed E-state index contributed by atoms with van der Waals surface area (Å²) in [6.45, 7) is 0.417. The number of rotatable bonds is 3. The van der Waals surface area contributed by atoms with E-state index in [2.05, 4.69) is 0 Å². The number of methoxy groups -OCH3 is 1. The molecule has 0 radical (unpaired) electrons. The summed E-state index contributed by atoms with van der Waals surface area (Å²) in [6.07, 6.45) is 2.77. The van der Waals surface area contributed by atoms with Gasteiger partial charge in [-0.05, 0) is 42.9 Å². The minimum absolute atomic E-state index is 0.000930. The zero-order chi connectivity index (χ0) is 15.9. The Kier molecular flexibility index (Phi) is 3.76. The molecule has 6 heteroatoms. The second-order valence-corrected chi connectivity index (χ2v) is 5.94. The van der Waals surface area contributed by atoms with E-state index in [9.17, 15) is 19.1 Å². The number of halogens is 1. The zero-order valence-corrected chi connectivity index (χ0v) is 12.3. The standard InChI is InChI=1S/C16H18FNO4/c1-22-13-6-5-10(17)7-12(13)15(19)18-8-9-3-2-4-11(9)14(18)16(20)21/h5-7,9,11,14H,2-4,8H2,1H3,(H,20,21). The van der Waals surface area contributed by atoms with Gasteiger partial charge < -0.3 is 14.7 Å². The van der Waals surface area contributed by atoms with Gasteiger partial charge in [0.15, 0.2) is 0 Å². The highest BCUT2D eigenvalue weighted by Gasteiger charge is 2.49. The number of benzene rings is 1. The summed E-state index contributed by atoms with van der Waals surface area (Å²) < 4.78 is 18.6. The van der Waals surface area contributed by atoms with Crippen LogP contribution in [-0.4, -0.2) is 41.6 Å². The Bertz CT molecular complexity index is 618. The van der Waals surface area contributed by atoms with Gasteiger partial charge in [-0.3, -0.25) is 4.79 Å². The smallest absolute Gasteiger partial charge is 0.326 e. The number of amides is 1. The van der Waals surface area contributed by atoms with Crippen molar-refractivity contribution in [1.29, 1.82) is 0 Å². The molecule has 1 N–H and O–H groups in total. The van der Waals surface area contributed by atoms with Crippen LogP contribution in [0.1, 0.15) is 29.6 Å². The molecule has 3 unspecified atom stereocenters. The fraction of sp³-hybridized carbons (Fsp3) is 0.500. The van der Waals surface area contributed by atoms with Crippen LogP contribution in [0.2, 0.25) is 0 Å². The number of fused-ring (bicyclic) bond motifs is 1. The molecule has 1 saturated heterocycles. The summed E-state index contributed by atoms with van der Waals surface area (Å²) in [5, 5.41) is 9.51. The molecule has 3 rings (SSSR count). The van der Waals surface area contributed by atoms with Gasteiger partial charge >= 0.3 is 5.97 Å². The first-order valence-corrected chi connectivity index (χ1v) is 7.40. The van der Waals surface area contributed by atoms with Crippen LogP contribution in [-0.2, 0) is 4.79 Å². The summed E-state index contributed by atoms with van der Waals surface area (Å²) in [5.74, 6) is -1.52. The minimum Gasteiger partial charge on any atom is -0.496 e. The van der Waals surface area contributed by atoms with Crippen LogP contribution in [0.3, 0.4) is 0 Å². The molecular formula is C16H18FNO4. The average Bonchev–Trinajstić information content (AvgIpc) is 3.06. The Hall–Kier alpha value is -2.11. The van der Waals surface area contributed by atoms with Crippen LogP contribution in [0.25, 0.3) is 0 Å². The number of hydrogen-bond donors (Lipinski definition) is 1. The number of ether oxygens (including phenoxy) is 1. The van der Waals surface area contributed by atoms with Gasteiger partial charge in [0.05, 0.1) is 12.7 Å². The van der Waals surface area contributed by atoms with Gasteiger partial charge in [-0.25, -0.2) is 9.18 Å². The van der Waals surface area contributed by atoms with Crippen molar-refractivity contribution in [2.45, 2.75) is 25.3 Å². The highest BCUT2D eigenvalue weighted by molar-refractivity contribution is 5.99. The lowest BCUT2D eigenvalue weighted by Crippen LogP contribution is -2.43. The van der Waals surface area contributed by atoms with E-state index in [0.29, 0.717) is 6.54 Å². The van der Waals surface area contributed by atoms with Crippen molar-refractivity contribution in [2.24, 2.45) is 11.8 Å². The maximum absolute atomic E-state index is 13.5. The predicted molar refractivity (Wildman–Crippen MR) is 76.2 cm³/mol. The van der Waals surface area contributed by atoms with E-state index >= 15 is 0 Å². The predicted octanol–water partition coefficient (Wildman–Crippen LogP) is 2.16. The van der Waals surface area contributed by atoms with Crippen LogP contribution in [0, 0.1) is 17.7 Å². The van der Waals surface area contributed by atoms with E-state index in [1.165, 1.54) is 24.1 Å². The van der Waals surface area contributed by atoms with Crippen LogP contribution >= 0.6 is 0 Å². The lowest BCUT2D eigenvalue weighted by atomic mass is 9.94. The molecular weight excluding hydrogens is 289 g/mol. The molecule has 1 aromatic rings. The Labute approximate surface area is 127 Å². The van der Waals surface area contributed by atoms with Crippen molar-refractivity contribution in [2.75, 3.05) is 13.7 Å². The molecule has 2 aliphatic rings. The number of carboxylic acids is 1. The third-order valence-corrected chi connectivity index (χ3v) is 4.80. The summed E-state index contributed by atoms with van der Waals surface area (Å²) in [7, 11) is 1.40. The Morgan fingerprint density at radius 1 is 1.36 bits per heavy atom. The van der Waals surface area contributed by atoms with Crippen molar-refractivity contribution in [1.82, 2.24) is 4.90 Å². The lowest BCUT2D eigenvalue weighted by molar-refractivity contribution is -0.142. The molecule has 1 saturated carbocycles. The van der Waals surface area contributed by atoms with Gasteiger partial charge in [-0.1, -0.05) is 6.42 Å². The van der Waals surface area contributed by atoms with E-state index in [-0.39, 0.29) is 23.1 Å². The Morgan fingerprint density at radius 2 is 2.14 bits per heavy atom. The van der Waals surface area contributed by atoms with E-state index < -0.39 is 23.7 Å². The molecule has 1 aliphatic heterocycles. The second-order valence-electron chi connectivity index (χ2n) is 5.94. The van der Waals surface area contributed by atoms with Gasteiger partial charge in [0.1, 0.15) is 17.6 Å². The molecule has 2 fully saturated rings. The normalized spacial score (nSPS) is 26.8. The summed E-state index contributed by atoms with van der Waals surface area (Å²) in [4.78, 5) is 25.7. The lowest BCUT2D eigenvalue weighted by Gasteiger charge is -2.25. The monoisotopic (exact) mass is 307 g/mol. The Morgan fingerprint density at radius 3 is 2.82 bits per heavy atom. The van der Waals surface area contributed by atoms with Crippen LogP contribution < -0.4 is 4.74 Å². The minimum atomic E-state index is -0.988. The fourth-order valence-corrected chi connectivity index (χ4v) is 3.83. The van der Waals surface area contributed by atoms with E-state index in [1.807, 2.05) is 0 Å². The third-order valence-electron chi connectivity index (χ3n) is 4.80. The molecule has 5 nitrogen and oxygen atoms in total. The molecule has 3 atom stereocenters. The number of aliphatic carboxylic acids is 1. The van der Waals surface area contributed by atoms with E-state index in [0.717, 1.165) is 25.3 Å². The van der Waals surface area contributed by atoms with Gasteiger partial charge in [0.25, 0.3) is 5.91 Å². The van der Waals surface area contributed by atoms with Crippen LogP contribution in [0.5, 0.6) is 5.75 Å². The molecule has 1 aromatic carbocycles. The summed E-state index contributed by atoms with van der Waals surface area (Å²) >= 11 is 0. The highest BCUT2D eigenvalue weighted by Crippen LogP contribution is 2.43. The molecule has 0 bridgehead atoms. The first-order valence-electron chi connectivity index (χ1n) is 7.40. The number of carbonyl (C=O) groups excluding carboxylic acids is 1. The molecule has 0 spiro atoms. The molecule has 0 aromatic heterocycles. The molecule has 1 amide bonds. The second kappa shape index (κ2) is 5.59. The maximum atomic E-state index is 13.5. The average molecular weight is 307 g/mol. The number of hydrogen-bond acceptors (Lipinski definition) is 3. The van der Waals surface area contributed by atoms with Crippen molar-refractivity contribution in [3.8, 4) is 5.75 Å². The first kappa shape index (κ1) is 14.8. The third kappa shape index (κ3) is 2.32. The molecule has 1 heterocycles. The van der Waals surface area contributed by atoms with Gasteiger partial charge in [0.2, 0.25) is 0 Å². The SMILES string of the molecule is COc1ccc(F)cc1C(=O)N1CC2CCCC2C1C(=O)O. The maximum Gasteiger partial charge on any atom is 0.326 e. The molecule has 22 heavy (non-hydrogen) atoms. The molecule has 118 valence electrons. The van der Waals surface area contributed by atoms with Crippen LogP contribution in [0.4, 0.5) is 4.39 Å². The van der Waals surface area contributed by atoms with Crippen molar-refractivity contribution in [3.63, 3.8) is 0 Å². The van der Waals surface area contributed by atoms with Crippen molar-refractivity contribution >= 4 is 11.9 Å². The number of nitrogens with zero attached hydrogens (tertiary/aromatic N) is 1. The van der Waals surface area contributed by atoms with Gasteiger partial charge in [-0.15, -0.1) is 0 Å². The highest BCUT2D eigenvalue weighted by atomic mass is 19.1. The summed E-state index contributed by atoms with van der Waals surface area (Å²) in [6, 6.07) is 2.87. The van der Waals surface area contributed by atoms with Gasteiger partial charge in [0, 0.05) is 6.54 Å². The number of likely N-dealkylation sites (tertiary alicyclic amines) is 1. The van der Waals surface area contributed by atoms with Crippen LogP contribution in [0.15, 0.2) is 18.2 Å². The van der Waals surface area contributed by atoms with Crippen molar-refractivity contribution < 1.29 is 23.8 Å². The quantitative estimate of drug-likeness (QED) is 0.929. The largest absolute Gasteiger partial charge is 0.496 e. The van der Waals surface area contributed by atoms with Crippen molar-refractivity contribution in [3.05, 3.63) is 29.6 Å². The number of carboxylic acid groups (broad SMARTS) is 1. The topological polar surface area (TPSA) is 66.8 Å². The fourth-order valence-electron chi connectivity index (χ4n) is 3.83. The Balaban J connectivity index is 1.94. The number of carbonyl (C=O) groups is 2.